The fourth-order valence-corrected chi connectivity index (χ4v) is 1.24. The summed E-state index contributed by atoms with van der Waals surface area (Å²) < 4.78 is 12.8. The Hall–Kier alpha value is -1.16. The molecule has 0 aliphatic carbocycles. The highest BCUT2D eigenvalue weighted by molar-refractivity contribution is 7.80. The Morgan fingerprint density at radius 2 is 2.29 bits per heavy atom. The fourth-order valence-electron chi connectivity index (χ4n) is 1.17. The Morgan fingerprint density at radius 3 is 2.86 bits per heavy atom. The molecule has 0 saturated heterocycles. The quantitative estimate of drug-likeness (QED) is 0.752. The van der Waals surface area contributed by atoms with Gasteiger partial charge in [0, 0.05) is 20.6 Å². The summed E-state index contributed by atoms with van der Waals surface area (Å²) in [5.74, 6) is -0.216. The molecule has 4 heteroatoms. The molecule has 14 heavy (non-hydrogen) atoms. The van der Waals surface area contributed by atoms with E-state index < -0.39 is 0 Å². The van der Waals surface area contributed by atoms with Gasteiger partial charge in [-0.15, -0.1) is 0 Å². The number of halogens is 1. The zero-order valence-corrected chi connectivity index (χ0v) is 9.07. The van der Waals surface area contributed by atoms with Crippen molar-refractivity contribution in [3.63, 3.8) is 0 Å². The highest BCUT2D eigenvalue weighted by Gasteiger charge is 2.03. The Morgan fingerprint density at radius 1 is 1.57 bits per heavy atom. The van der Waals surface area contributed by atoms with E-state index in [0.717, 1.165) is 5.56 Å². The van der Waals surface area contributed by atoms with Crippen LogP contribution in [-0.4, -0.2) is 24.1 Å². The van der Waals surface area contributed by atoms with Gasteiger partial charge in [-0.2, -0.15) is 0 Å². The highest BCUT2D eigenvalue weighted by Crippen LogP contribution is 2.06. The molecular formula is C10H13FN2S. The van der Waals surface area contributed by atoms with Crippen molar-refractivity contribution in [1.82, 2.24) is 10.2 Å². The van der Waals surface area contributed by atoms with Gasteiger partial charge in [0.05, 0.1) is 0 Å². The van der Waals surface area contributed by atoms with Crippen LogP contribution in [0.5, 0.6) is 0 Å². The van der Waals surface area contributed by atoms with Crippen molar-refractivity contribution in [2.45, 2.75) is 6.54 Å². The smallest absolute Gasteiger partial charge is 0.168 e. The molecule has 0 aromatic heterocycles. The van der Waals surface area contributed by atoms with Gasteiger partial charge in [0.2, 0.25) is 0 Å². The van der Waals surface area contributed by atoms with Crippen LogP contribution in [0.2, 0.25) is 0 Å². The van der Waals surface area contributed by atoms with Crippen LogP contribution in [0.3, 0.4) is 0 Å². The van der Waals surface area contributed by atoms with Gasteiger partial charge < -0.3 is 10.2 Å². The number of thiocarbonyl (C=S) groups is 1. The summed E-state index contributed by atoms with van der Waals surface area (Å²) in [6, 6.07) is 6.51. The second-order valence-corrected chi connectivity index (χ2v) is 3.43. The molecule has 1 aromatic rings. The van der Waals surface area contributed by atoms with Gasteiger partial charge in [-0.25, -0.2) is 4.39 Å². The summed E-state index contributed by atoms with van der Waals surface area (Å²) in [4.78, 5) is 1.85. The predicted molar refractivity (Wildman–Crippen MR) is 59.5 cm³/mol. The molecular weight excluding hydrogens is 199 g/mol. The summed E-state index contributed by atoms with van der Waals surface area (Å²) in [6.07, 6.45) is 0. The lowest BCUT2D eigenvalue weighted by Gasteiger charge is -2.19. The van der Waals surface area contributed by atoms with Crippen molar-refractivity contribution < 1.29 is 4.39 Å². The van der Waals surface area contributed by atoms with E-state index in [1.165, 1.54) is 12.1 Å². The van der Waals surface area contributed by atoms with Crippen molar-refractivity contribution in [2.75, 3.05) is 14.1 Å². The van der Waals surface area contributed by atoms with Crippen LogP contribution in [0.25, 0.3) is 0 Å². The molecule has 76 valence electrons. The molecule has 0 spiro atoms. The minimum atomic E-state index is -0.216. The molecule has 0 fully saturated rings. The van der Waals surface area contributed by atoms with Gasteiger partial charge >= 0.3 is 0 Å². The molecule has 1 N–H and O–H groups in total. The lowest BCUT2D eigenvalue weighted by Crippen LogP contribution is -2.34. The summed E-state index contributed by atoms with van der Waals surface area (Å²) in [5, 5.41) is 3.51. The molecule has 1 aromatic carbocycles. The monoisotopic (exact) mass is 212 g/mol. The maximum Gasteiger partial charge on any atom is 0.168 e. The third-order valence-electron chi connectivity index (χ3n) is 1.87. The van der Waals surface area contributed by atoms with Crippen molar-refractivity contribution >= 4 is 17.3 Å². The van der Waals surface area contributed by atoms with Gasteiger partial charge in [-0.05, 0) is 29.9 Å². The minimum absolute atomic E-state index is 0.216. The zero-order chi connectivity index (χ0) is 10.6. The normalized spacial score (nSPS) is 9.64. The molecule has 0 atom stereocenters. The van der Waals surface area contributed by atoms with Crippen molar-refractivity contribution in [1.29, 1.82) is 0 Å². The van der Waals surface area contributed by atoms with Crippen molar-refractivity contribution in [3.8, 4) is 0 Å². The number of hydrogen-bond donors (Lipinski definition) is 1. The van der Waals surface area contributed by atoms with Crippen LogP contribution in [0.1, 0.15) is 5.56 Å². The van der Waals surface area contributed by atoms with Crippen molar-refractivity contribution in [2.24, 2.45) is 0 Å². The molecule has 0 saturated carbocycles. The SMILES string of the molecule is CNC(=S)N(C)Cc1cccc(F)c1. The van der Waals surface area contributed by atoms with E-state index in [4.69, 9.17) is 12.2 Å². The number of nitrogens with one attached hydrogen (secondary N) is 1. The molecule has 0 radical (unpaired) electrons. The first-order chi connectivity index (χ1) is 6.63. The van der Waals surface area contributed by atoms with Crippen molar-refractivity contribution in [3.05, 3.63) is 35.6 Å². The average molecular weight is 212 g/mol. The molecule has 0 amide bonds. The molecule has 0 bridgehead atoms. The third kappa shape index (κ3) is 2.96. The lowest BCUT2D eigenvalue weighted by atomic mass is 10.2. The molecule has 2 nitrogen and oxygen atoms in total. The Kier molecular flexibility index (Phi) is 3.83. The second kappa shape index (κ2) is 4.91. The van der Waals surface area contributed by atoms with Gasteiger partial charge in [-0.3, -0.25) is 0 Å². The summed E-state index contributed by atoms with van der Waals surface area (Å²) in [6.45, 7) is 0.609. The minimum Gasteiger partial charge on any atom is -0.366 e. The van der Waals surface area contributed by atoms with Crippen LogP contribution in [0.15, 0.2) is 24.3 Å². The first kappa shape index (κ1) is 10.9. The number of rotatable bonds is 2. The van der Waals surface area contributed by atoms with Crippen LogP contribution in [-0.2, 0) is 6.54 Å². The number of benzene rings is 1. The Balaban J connectivity index is 2.64. The molecule has 0 aliphatic heterocycles. The van der Waals surface area contributed by atoms with Crippen LogP contribution < -0.4 is 5.32 Å². The van der Waals surface area contributed by atoms with Crippen LogP contribution in [0.4, 0.5) is 4.39 Å². The standard InChI is InChI=1S/C10H13FN2S/c1-12-10(14)13(2)7-8-4-3-5-9(11)6-8/h3-6H,7H2,1-2H3,(H,12,14). The van der Waals surface area contributed by atoms with Crippen LogP contribution >= 0.6 is 12.2 Å². The first-order valence-corrected chi connectivity index (χ1v) is 4.71. The molecule has 1 rings (SSSR count). The van der Waals surface area contributed by atoms with E-state index in [1.807, 2.05) is 18.0 Å². The number of nitrogens with zero attached hydrogens (tertiary/aromatic N) is 1. The Labute approximate surface area is 88.7 Å². The Bertz CT molecular complexity index is 328. The van der Waals surface area contributed by atoms with Gasteiger partial charge in [0.15, 0.2) is 5.11 Å². The van der Waals surface area contributed by atoms with E-state index in [0.29, 0.717) is 11.7 Å². The second-order valence-electron chi connectivity index (χ2n) is 3.04. The largest absolute Gasteiger partial charge is 0.366 e. The van der Waals surface area contributed by atoms with E-state index in [-0.39, 0.29) is 5.82 Å². The molecule has 0 heterocycles. The lowest BCUT2D eigenvalue weighted by molar-refractivity contribution is 0.492. The summed E-state index contributed by atoms with van der Waals surface area (Å²) >= 11 is 5.03. The fraction of sp³-hybridized carbons (Fsp3) is 0.300. The number of hydrogen-bond acceptors (Lipinski definition) is 1. The van der Waals surface area contributed by atoms with E-state index in [2.05, 4.69) is 5.32 Å². The van der Waals surface area contributed by atoms with Gasteiger partial charge in [0.25, 0.3) is 0 Å². The van der Waals surface area contributed by atoms with Gasteiger partial charge in [-0.1, -0.05) is 12.1 Å². The summed E-state index contributed by atoms with van der Waals surface area (Å²) in [7, 11) is 3.63. The topological polar surface area (TPSA) is 15.3 Å². The maximum atomic E-state index is 12.8. The zero-order valence-electron chi connectivity index (χ0n) is 8.25. The molecule has 0 unspecified atom stereocenters. The summed E-state index contributed by atoms with van der Waals surface area (Å²) in [5.41, 5.74) is 0.908. The van der Waals surface area contributed by atoms with E-state index in [9.17, 15) is 4.39 Å². The van der Waals surface area contributed by atoms with E-state index in [1.54, 1.807) is 13.1 Å². The maximum absolute atomic E-state index is 12.8. The predicted octanol–water partition coefficient (Wildman–Crippen LogP) is 1.76. The third-order valence-corrected chi connectivity index (χ3v) is 2.39. The average Bonchev–Trinajstić information content (AvgIpc) is 2.16. The van der Waals surface area contributed by atoms with E-state index >= 15 is 0 Å². The van der Waals surface area contributed by atoms with Gasteiger partial charge in [0.1, 0.15) is 5.82 Å². The van der Waals surface area contributed by atoms with Crippen LogP contribution in [0, 0.1) is 5.82 Å². The first-order valence-electron chi connectivity index (χ1n) is 4.31. The highest BCUT2D eigenvalue weighted by atomic mass is 32.1. The molecule has 0 aliphatic rings.